The molecule has 1 saturated heterocycles. The molecule has 92 valence electrons. The van der Waals surface area contributed by atoms with Gasteiger partial charge in [-0.25, -0.2) is 0 Å². The van der Waals surface area contributed by atoms with E-state index in [4.69, 9.17) is 5.73 Å². The topological polar surface area (TPSA) is 46.3 Å². The van der Waals surface area contributed by atoms with Crippen LogP contribution in [0.1, 0.15) is 31.9 Å². The minimum absolute atomic E-state index is 0.0491. The molecule has 1 aliphatic rings. The third kappa shape index (κ3) is 2.34. The summed E-state index contributed by atoms with van der Waals surface area (Å²) in [7, 11) is 0. The SMILES string of the molecule is C[C@@H]1CCN(C(=O)[C@H](N)c2ccccc2)[C@H]1C. The Kier molecular flexibility index (Phi) is 3.48. The minimum Gasteiger partial charge on any atom is -0.338 e. The van der Waals surface area contributed by atoms with Crippen LogP contribution in [0, 0.1) is 5.92 Å². The van der Waals surface area contributed by atoms with E-state index in [0.29, 0.717) is 12.0 Å². The number of hydrogen-bond acceptors (Lipinski definition) is 2. The lowest BCUT2D eigenvalue weighted by Gasteiger charge is -2.26. The monoisotopic (exact) mass is 232 g/mol. The van der Waals surface area contributed by atoms with Crippen molar-refractivity contribution in [3.63, 3.8) is 0 Å². The Morgan fingerprint density at radius 2 is 2.00 bits per heavy atom. The van der Waals surface area contributed by atoms with Crippen LogP contribution in [0.3, 0.4) is 0 Å². The van der Waals surface area contributed by atoms with Crippen LogP contribution in [0.15, 0.2) is 30.3 Å². The highest BCUT2D eigenvalue weighted by molar-refractivity contribution is 5.83. The summed E-state index contributed by atoms with van der Waals surface area (Å²) >= 11 is 0. The van der Waals surface area contributed by atoms with Gasteiger partial charge in [0.15, 0.2) is 0 Å². The average Bonchev–Trinajstić information content (AvgIpc) is 2.69. The Morgan fingerprint density at radius 1 is 1.35 bits per heavy atom. The van der Waals surface area contributed by atoms with Crippen molar-refractivity contribution in [2.24, 2.45) is 11.7 Å². The zero-order valence-electron chi connectivity index (χ0n) is 10.5. The van der Waals surface area contributed by atoms with Gasteiger partial charge in [0.2, 0.25) is 5.91 Å². The first kappa shape index (κ1) is 12.1. The van der Waals surface area contributed by atoms with Crippen LogP contribution < -0.4 is 5.73 Å². The maximum absolute atomic E-state index is 12.3. The van der Waals surface area contributed by atoms with Crippen molar-refractivity contribution in [1.29, 1.82) is 0 Å². The van der Waals surface area contributed by atoms with E-state index >= 15 is 0 Å². The van der Waals surface area contributed by atoms with Gasteiger partial charge in [-0.05, 0) is 24.8 Å². The second-order valence-corrected chi connectivity index (χ2v) is 4.93. The number of carbonyl (C=O) groups excluding carboxylic acids is 1. The molecule has 3 nitrogen and oxygen atoms in total. The van der Waals surface area contributed by atoms with E-state index in [9.17, 15) is 4.79 Å². The molecule has 1 aliphatic heterocycles. The molecular weight excluding hydrogens is 212 g/mol. The molecule has 1 heterocycles. The normalized spacial score (nSPS) is 25.9. The number of benzene rings is 1. The fourth-order valence-corrected chi connectivity index (χ4v) is 2.39. The van der Waals surface area contributed by atoms with Crippen molar-refractivity contribution >= 4 is 5.91 Å². The molecule has 1 aromatic carbocycles. The van der Waals surface area contributed by atoms with Gasteiger partial charge in [-0.15, -0.1) is 0 Å². The number of amides is 1. The van der Waals surface area contributed by atoms with E-state index < -0.39 is 6.04 Å². The minimum atomic E-state index is -0.524. The molecule has 0 unspecified atom stereocenters. The highest BCUT2D eigenvalue weighted by Gasteiger charge is 2.33. The lowest BCUT2D eigenvalue weighted by Crippen LogP contribution is -2.41. The fourth-order valence-electron chi connectivity index (χ4n) is 2.39. The van der Waals surface area contributed by atoms with Gasteiger partial charge in [-0.2, -0.15) is 0 Å². The van der Waals surface area contributed by atoms with E-state index in [2.05, 4.69) is 13.8 Å². The van der Waals surface area contributed by atoms with Crippen molar-refractivity contribution in [1.82, 2.24) is 4.90 Å². The number of likely N-dealkylation sites (tertiary alicyclic amines) is 1. The summed E-state index contributed by atoms with van der Waals surface area (Å²) in [5, 5.41) is 0. The summed E-state index contributed by atoms with van der Waals surface area (Å²) in [6, 6.07) is 9.36. The molecule has 0 bridgehead atoms. The largest absolute Gasteiger partial charge is 0.338 e. The Balaban J connectivity index is 2.11. The van der Waals surface area contributed by atoms with Crippen LogP contribution in [-0.4, -0.2) is 23.4 Å². The molecule has 2 N–H and O–H groups in total. The fraction of sp³-hybridized carbons (Fsp3) is 0.500. The second-order valence-electron chi connectivity index (χ2n) is 4.93. The number of nitrogens with two attached hydrogens (primary N) is 1. The molecule has 0 radical (unpaired) electrons. The molecule has 0 saturated carbocycles. The standard InChI is InChI=1S/C14H20N2O/c1-10-8-9-16(11(10)2)14(17)13(15)12-6-4-3-5-7-12/h3-7,10-11,13H,8-9,15H2,1-2H3/t10-,11+,13-/m1/s1. The second kappa shape index (κ2) is 4.88. The predicted molar refractivity (Wildman–Crippen MR) is 68.3 cm³/mol. The number of nitrogens with zero attached hydrogens (tertiary/aromatic N) is 1. The van der Waals surface area contributed by atoms with E-state index in [-0.39, 0.29) is 5.91 Å². The quantitative estimate of drug-likeness (QED) is 0.847. The summed E-state index contributed by atoms with van der Waals surface area (Å²) in [4.78, 5) is 14.2. The van der Waals surface area contributed by atoms with Gasteiger partial charge in [0.05, 0.1) is 0 Å². The summed E-state index contributed by atoms with van der Waals surface area (Å²) in [6.07, 6.45) is 1.08. The van der Waals surface area contributed by atoms with Crippen LogP contribution in [0.5, 0.6) is 0 Å². The summed E-state index contributed by atoms with van der Waals surface area (Å²) in [6.45, 7) is 5.13. The maximum atomic E-state index is 12.3. The Labute approximate surface area is 103 Å². The third-order valence-electron chi connectivity index (χ3n) is 3.85. The van der Waals surface area contributed by atoms with Crippen LogP contribution in [0.4, 0.5) is 0 Å². The molecular formula is C14H20N2O. The summed E-state index contributed by atoms with van der Waals surface area (Å²) in [5.41, 5.74) is 6.93. The van der Waals surface area contributed by atoms with Gasteiger partial charge in [0.1, 0.15) is 6.04 Å². The van der Waals surface area contributed by atoms with E-state index in [1.54, 1.807) is 0 Å². The van der Waals surface area contributed by atoms with Crippen molar-refractivity contribution in [3.8, 4) is 0 Å². The highest BCUT2D eigenvalue weighted by Crippen LogP contribution is 2.26. The van der Waals surface area contributed by atoms with Crippen LogP contribution in [0.25, 0.3) is 0 Å². The van der Waals surface area contributed by atoms with Crippen molar-refractivity contribution in [2.45, 2.75) is 32.4 Å². The maximum Gasteiger partial charge on any atom is 0.244 e. The molecule has 1 aromatic rings. The summed E-state index contributed by atoms with van der Waals surface area (Å²) in [5.74, 6) is 0.620. The predicted octanol–water partition coefficient (Wildman–Crippen LogP) is 1.94. The van der Waals surface area contributed by atoms with Gasteiger partial charge in [0.25, 0.3) is 0 Å². The van der Waals surface area contributed by atoms with Gasteiger partial charge in [-0.3, -0.25) is 4.79 Å². The van der Waals surface area contributed by atoms with Crippen LogP contribution in [0.2, 0.25) is 0 Å². The third-order valence-corrected chi connectivity index (χ3v) is 3.85. The molecule has 3 heteroatoms. The first-order valence-corrected chi connectivity index (χ1v) is 6.22. The molecule has 1 fully saturated rings. The molecule has 17 heavy (non-hydrogen) atoms. The molecule has 3 atom stereocenters. The molecule has 0 aliphatic carbocycles. The first-order valence-electron chi connectivity index (χ1n) is 6.22. The van der Waals surface area contributed by atoms with E-state index in [1.807, 2.05) is 35.2 Å². The van der Waals surface area contributed by atoms with Crippen molar-refractivity contribution < 1.29 is 4.79 Å². The van der Waals surface area contributed by atoms with Crippen molar-refractivity contribution in [3.05, 3.63) is 35.9 Å². The van der Waals surface area contributed by atoms with Crippen molar-refractivity contribution in [2.75, 3.05) is 6.54 Å². The summed E-state index contributed by atoms with van der Waals surface area (Å²) < 4.78 is 0. The van der Waals surface area contributed by atoms with Gasteiger partial charge in [0, 0.05) is 12.6 Å². The Bertz CT molecular complexity index is 390. The molecule has 2 rings (SSSR count). The van der Waals surface area contributed by atoms with Crippen LogP contribution in [-0.2, 0) is 4.79 Å². The number of hydrogen-bond donors (Lipinski definition) is 1. The number of rotatable bonds is 2. The zero-order chi connectivity index (χ0) is 12.4. The zero-order valence-corrected chi connectivity index (χ0v) is 10.5. The van der Waals surface area contributed by atoms with Gasteiger partial charge in [-0.1, -0.05) is 37.3 Å². The van der Waals surface area contributed by atoms with Crippen LogP contribution >= 0.6 is 0 Å². The van der Waals surface area contributed by atoms with Gasteiger partial charge < -0.3 is 10.6 Å². The average molecular weight is 232 g/mol. The lowest BCUT2D eigenvalue weighted by molar-refractivity contribution is -0.133. The molecule has 0 aromatic heterocycles. The highest BCUT2D eigenvalue weighted by atomic mass is 16.2. The molecule has 1 amide bonds. The Hall–Kier alpha value is -1.35. The number of carbonyl (C=O) groups is 1. The first-order chi connectivity index (χ1) is 8.11. The van der Waals surface area contributed by atoms with Gasteiger partial charge >= 0.3 is 0 Å². The lowest BCUT2D eigenvalue weighted by atomic mass is 10.0. The van der Waals surface area contributed by atoms with E-state index in [1.165, 1.54) is 0 Å². The smallest absolute Gasteiger partial charge is 0.244 e. The molecule has 0 spiro atoms. The van der Waals surface area contributed by atoms with E-state index in [0.717, 1.165) is 18.5 Å². The Morgan fingerprint density at radius 3 is 2.53 bits per heavy atom.